The fourth-order valence-corrected chi connectivity index (χ4v) is 6.60. The van der Waals surface area contributed by atoms with Crippen molar-refractivity contribution in [2.24, 2.45) is 11.8 Å². The highest BCUT2D eigenvalue weighted by molar-refractivity contribution is 7.92. The molecule has 2 fully saturated rings. The Kier molecular flexibility index (Phi) is 5.47. The topological polar surface area (TPSA) is 79.0 Å². The van der Waals surface area contributed by atoms with Gasteiger partial charge in [0.15, 0.2) is 9.84 Å². The standard InChI is InChI=1S/C24H23F3N2O3S/c25-17-3-1-15(2-4-17)23-22(19-8-18(26)9-20(27)24(19)29-23)16-5-13(6-16)10-28-21(30)7-14-11-33(31,32)12-14/h1-4,8-9,13-14,16,29H,5-7,10-12H2,(H,28,30). The summed E-state index contributed by atoms with van der Waals surface area (Å²) in [6.07, 6.45) is 1.68. The van der Waals surface area contributed by atoms with E-state index in [1.54, 1.807) is 12.1 Å². The van der Waals surface area contributed by atoms with Crippen LogP contribution in [0.4, 0.5) is 13.2 Å². The van der Waals surface area contributed by atoms with Crippen molar-refractivity contribution in [1.29, 1.82) is 0 Å². The molecule has 174 valence electrons. The number of nitrogens with one attached hydrogen (secondary N) is 2. The summed E-state index contributed by atoms with van der Waals surface area (Å²) >= 11 is 0. The van der Waals surface area contributed by atoms with Gasteiger partial charge < -0.3 is 10.3 Å². The number of hydrogen-bond acceptors (Lipinski definition) is 3. The fourth-order valence-electron chi connectivity index (χ4n) is 5.03. The third-order valence-corrected chi connectivity index (χ3v) is 8.64. The second-order valence-electron chi connectivity index (χ2n) is 9.22. The molecule has 33 heavy (non-hydrogen) atoms. The van der Waals surface area contributed by atoms with Gasteiger partial charge in [0.1, 0.15) is 17.5 Å². The van der Waals surface area contributed by atoms with Gasteiger partial charge in [-0.2, -0.15) is 0 Å². The number of fused-ring (bicyclic) bond motifs is 1. The molecule has 1 amide bonds. The number of aromatic nitrogens is 1. The van der Waals surface area contributed by atoms with Crippen LogP contribution in [0.1, 0.15) is 30.7 Å². The number of H-pyrrole nitrogens is 1. The SMILES string of the molecule is O=C(CC1CS(=O)(=O)C1)NCC1CC(c2c(-c3ccc(F)cc3)[nH]c3c(F)cc(F)cc23)C1. The number of sulfone groups is 1. The van der Waals surface area contributed by atoms with Crippen molar-refractivity contribution in [3.8, 4) is 11.3 Å². The molecule has 5 rings (SSSR count). The lowest BCUT2D eigenvalue weighted by Gasteiger charge is -2.36. The molecule has 1 saturated heterocycles. The van der Waals surface area contributed by atoms with E-state index in [0.717, 1.165) is 24.5 Å². The molecule has 0 spiro atoms. The smallest absolute Gasteiger partial charge is 0.220 e. The summed E-state index contributed by atoms with van der Waals surface area (Å²) in [4.78, 5) is 15.2. The van der Waals surface area contributed by atoms with Crippen molar-refractivity contribution in [2.45, 2.75) is 25.2 Å². The van der Waals surface area contributed by atoms with Crippen molar-refractivity contribution < 1.29 is 26.4 Å². The van der Waals surface area contributed by atoms with Gasteiger partial charge in [-0.3, -0.25) is 4.79 Å². The Morgan fingerprint density at radius 2 is 1.70 bits per heavy atom. The van der Waals surface area contributed by atoms with E-state index in [4.69, 9.17) is 0 Å². The Hall–Kier alpha value is -2.81. The van der Waals surface area contributed by atoms with E-state index in [1.807, 2.05) is 0 Å². The minimum atomic E-state index is -2.94. The molecule has 2 aliphatic rings. The third kappa shape index (κ3) is 4.38. The summed E-state index contributed by atoms with van der Waals surface area (Å²) in [5.41, 5.74) is 2.36. The molecule has 5 nitrogen and oxygen atoms in total. The highest BCUT2D eigenvalue weighted by Crippen LogP contribution is 2.48. The maximum absolute atomic E-state index is 14.5. The highest BCUT2D eigenvalue weighted by atomic mass is 32.2. The molecule has 1 aliphatic carbocycles. The second kappa shape index (κ2) is 8.20. The van der Waals surface area contributed by atoms with Crippen LogP contribution in [0.5, 0.6) is 0 Å². The highest BCUT2D eigenvalue weighted by Gasteiger charge is 2.36. The second-order valence-corrected chi connectivity index (χ2v) is 11.4. The van der Waals surface area contributed by atoms with Crippen LogP contribution in [0.2, 0.25) is 0 Å². The van der Waals surface area contributed by atoms with Crippen LogP contribution in [0.15, 0.2) is 36.4 Å². The van der Waals surface area contributed by atoms with E-state index in [2.05, 4.69) is 10.3 Å². The van der Waals surface area contributed by atoms with Gasteiger partial charge in [-0.25, -0.2) is 21.6 Å². The molecule has 9 heteroatoms. The van der Waals surface area contributed by atoms with E-state index in [0.29, 0.717) is 23.2 Å². The summed E-state index contributed by atoms with van der Waals surface area (Å²) in [7, 11) is -2.94. The summed E-state index contributed by atoms with van der Waals surface area (Å²) in [5, 5.41) is 3.36. The van der Waals surface area contributed by atoms with E-state index in [9.17, 15) is 26.4 Å². The van der Waals surface area contributed by atoms with Crippen LogP contribution >= 0.6 is 0 Å². The molecular formula is C24H23F3N2O3S. The summed E-state index contributed by atoms with van der Waals surface area (Å²) in [5.74, 6) is -1.56. The normalized spacial score (nSPS) is 22.0. The van der Waals surface area contributed by atoms with Crippen LogP contribution in [0.25, 0.3) is 22.2 Å². The van der Waals surface area contributed by atoms with E-state index < -0.39 is 21.5 Å². The average molecular weight is 477 g/mol. The lowest BCUT2D eigenvalue weighted by molar-refractivity contribution is -0.122. The van der Waals surface area contributed by atoms with Gasteiger partial charge in [-0.05, 0) is 72.1 Å². The van der Waals surface area contributed by atoms with Gasteiger partial charge in [-0.1, -0.05) is 0 Å². The summed E-state index contributed by atoms with van der Waals surface area (Å²) < 4.78 is 64.4. The number of halogens is 3. The number of benzene rings is 2. The monoisotopic (exact) mass is 476 g/mol. The Labute approximate surface area is 189 Å². The molecule has 0 bridgehead atoms. The molecule has 2 aromatic carbocycles. The first-order chi connectivity index (χ1) is 15.7. The zero-order chi connectivity index (χ0) is 23.3. The predicted octanol–water partition coefficient (Wildman–Crippen LogP) is 4.30. The lowest BCUT2D eigenvalue weighted by Crippen LogP contribution is -2.41. The largest absolute Gasteiger partial charge is 0.356 e. The van der Waals surface area contributed by atoms with Crippen molar-refractivity contribution >= 4 is 26.6 Å². The molecule has 0 atom stereocenters. The van der Waals surface area contributed by atoms with Gasteiger partial charge in [0.2, 0.25) is 5.91 Å². The van der Waals surface area contributed by atoms with Crippen molar-refractivity contribution in [3.05, 3.63) is 59.4 Å². The number of aromatic amines is 1. The van der Waals surface area contributed by atoms with Gasteiger partial charge in [0, 0.05) is 24.4 Å². The van der Waals surface area contributed by atoms with Crippen molar-refractivity contribution in [2.75, 3.05) is 18.1 Å². The summed E-state index contributed by atoms with van der Waals surface area (Å²) in [6.45, 7) is 0.478. The Bertz CT molecular complexity index is 1320. The fraction of sp³-hybridized carbons (Fsp3) is 0.375. The lowest BCUT2D eigenvalue weighted by atomic mass is 9.70. The molecule has 0 unspecified atom stereocenters. The third-order valence-electron chi connectivity index (χ3n) is 6.68. The molecule has 1 saturated carbocycles. The molecule has 2 N–H and O–H groups in total. The molecule has 1 aliphatic heterocycles. The Morgan fingerprint density at radius 1 is 1.00 bits per heavy atom. The molecule has 3 aromatic rings. The Morgan fingerprint density at radius 3 is 2.36 bits per heavy atom. The maximum atomic E-state index is 14.5. The average Bonchev–Trinajstić information content (AvgIpc) is 3.05. The first-order valence-electron chi connectivity index (χ1n) is 10.9. The minimum Gasteiger partial charge on any atom is -0.356 e. The van der Waals surface area contributed by atoms with Crippen LogP contribution in [-0.4, -0.2) is 37.4 Å². The van der Waals surface area contributed by atoms with E-state index in [1.165, 1.54) is 18.2 Å². The van der Waals surface area contributed by atoms with Gasteiger partial charge in [0.25, 0.3) is 0 Å². The van der Waals surface area contributed by atoms with Crippen molar-refractivity contribution in [3.63, 3.8) is 0 Å². The van der Waals surface area contributed by atoms with E-state index in [-0.39, 0.29) is 52.9 Å². The number of rotatable bonds is 6. The Balaban J connectivity index is 1.30. The van der Waals surface area contributed by atoms with Crippen LogP contribution in [0.3, 0.4) is 0 Å². The first kappa shape index (κ1) is 22.0. The number of carbonyl (C=O) groups excluding carboxylic acids is 1. The van der Waals surface area contributed by atoms with Gasteiger partial charge >= 0.3 is 0 Å². The zero-order valence-corrected chi connectivity index (χ0v) is 18.5. The minimum absolute atomic E-state index is 0.0404. The molecular weight excluding hydrogens is 453 g/mol. The number of carbonyl (C=O) groups is 1. The molecule has 0 radical (unpaired) electrons. The van der Waals surface area contributed by atoms with Crippen molar-refractivity contribution in [1.82, 2.24) is 10.3 Å². The zero-order valence-electron chi connectivity index (χ0n) is 17.7. The molecule has 1 aromatic heterocycles. The maximum Gasteiger partial charge on any atom is 0.220 e. The predicted molar refractivity (Wildman–Crippen MR) is 119 cm³/mol. The van der Waals surface area contributed by atoms with Gasteiger partial charge in [-0.15, -0.1) is 0 Å². The van der Waals surface area contributed by atoms with Gasteiger partial charge in [0.05, 0.1) is 22.7 Å². The molecule has 2 heterocycles. The van der Waals surface area contributed by atoms with E-state index >= 15 is 0 Å². The van der Waals surface area contributed by atoms with Crippen LogP contribution < -0.4 is 5.32 Å². The summed E-state index contributed by atoms with van der Waals surface area (Å²) in [6, 6.07) is 8.02. The van der Waals surface area contributed by atoms with Crippen LogP contribution in [-0.2, 0) is 14.6 Å². The number of amides is 1. The first-order valence-corrected chi connectivity index (χ1v) is 12.7. The quantitative estimate of drug-likeness (QED) is 0.557. The number of hydrogen-bond donors (Lipinski definition) is 2. The van der Waals surface area contributed by atoms with Crippen LogP contribution in [0, 0.1) is 29.3 Å².